The quantitative estimate of drug-likeness (QED) is 0.895. The van der Waals surface area contributed by atoms with E-state index < -0.39 is 11.9 Å². The van der Waals surface area contributed by atoms with Crippen LogP contribution >= 0.6 is 23.2 Å². The summed E-state index contributed by atoms with van der Waals surface area (Å²) in [5.74, 6) is -1.14. The molecule has 2 aliphatic rings. The molecule has 4 unspecified atom stereocenters. The molecule has 1 amide bonds. The van der Waals surface area contributed by atoms with E-state index in [4.69, 9.17) is 23.2 Å². The van der Waals surface area contributed by atoms with Crippen LogP contribution in [0.15, 0.2) is 18.2 Å². The van der Waals surface area contributed by atoms with Gasteiger partial charge in [-0.2, -0.15) is 0 Å². The third-order valence-corrected chi connectivity index (χ3v) is 5.42. The Morgan fingerprint density at radius 2 is 1.86 bits per heavy atom. The molecule has 21 heavy (non-hydrogen) atoms. The zero-order chi connectivity index (χ0) is 15.1. The van der Waals surface area contributed by atoms with E-state index in [9.17, 15) is 14.7 Å². The molecule has 0 aromatic heterocycles. The van der Waals surface area contributed by atoms with Gasteiger partial charge in [-0.1, -0.05) is 23.2 Å². The first kappa shape index (κ1) is 14.7. The number of hydrogen-bond donors (Lipinski definition) is 2. The van der Waals surface area contributed by atoms with Crippen LogP contribution in [-0.4, -0.2) is 23.0 Å². The molecule has 2 N–H and O–H groups in total. The van der Waals surface area contributed by atoms with E-state index in [1.807, 2.05) is 0 Å². The summed E-state index contributed by atoms with van der Waals surface area (Å²) in [4.78, 5) is 23.7. The first-order valence-corrected chi connectivity index (χ1v) is 7.71. The Morgan fingerprint density at radius 1 is 1.14 bits per heavy atom. The lowest BCUT2D eigenvalue weighted by atomic mass is 9.84. The summed E-state index contributed by atoms with van der Waals surface area (Å²) in [6, 6.07) is 4.37. The van der Waals surface area contributed by atoms with Gasteiger partial charge in [-0.05, 0) is 49.3 Å². The fraction of sp³-hybridized carbons (Fsp3) is 0.467. The van der Waals surface area contributed by atoms with E-state index in [1.54, 1.807) is 12.1 Å². The van der Waals surface area contributed by atoms with Crippen LogP contribution in [0.5, 0.6) is 0 Å². The van der Waals surface area contributed by atoms with Crippen LogP contribution in [0.25, 0.3) is 0 Å². The van der Waals surface area contributed by atoms with E-state index >= 15 is 0 Å². The van der Waals surface area contributed by atoms with Crippen LogP contribution in [0.3, 0.4) is 0 Å². The topological polar surface area (TPSA) is 66.4 Å². The predicted molar refractivity (Wildman–Crippen MR) is 79.7 cm³/mol. The Labute approximate surface area is 132 Å². The van der Waals surface area contributed by atoms with Gasteiger partial charge in [0.15, 0.2) is 0 Å². The standard InChI is InChI=1S/C15H15Cl2NO3/c16-10-4-3-9(6-11(10)17)14(19)18-13-8-2-1-7(5-8)12(13)15(20)21/h3-4,6-8,12-13H,1-2,5H2,(H,18,19)(H,20,21). The highest BCUT2D eigenvalue weighted by atomic mass is 35.5. The maximum atomic E-state index is 12.3. The molecule has 3 rings (SSSR count). The van der Waals surface area contributed by atoms with Crippen molar-refractivity contribution >= 4 is 35.1 Å². The van der Waals surface area contributed by atoms with Crippen LogP contribution in [-0.2, 0) is 4.79 Å². The number of carbonyl (C=O) groups excluding carboxylic acids is 1. The van der Waals surface area contributed by atoms with Crippen molar-refractivity contribution in [3.8, 4) is 0 Å². The molecule has 0 aliphatic heterocycles. The minimum atomic E-state index is -0.818. The minimum Gasteiger partial charge on any atom is -0.481 e. The maximum Gasteiger partial charge on any atom is 0.308 e. The second kappa shape index (κ2) is 5.50. The highest BCUT2D eigenvalue weighted by Gasteiger charge is 2.51. The van der Waals surface area contributed by atoms with Crippen molar-refractivity contribution in [1.29, 1.82) is 0 Å². The van der Waals surface area contributed by atoms with E-state index in [2.05, 4.69) is 5.32 Å². The van der Waals surface area contributed by atoms with E-state index in [-0.39, 0.29) is 23.8 Å². The number of amides is 1. The number of halogens is 2. The minimum absolute atomic E-state index is 0.187. The van der Waals surface area contributed by atoms with Gasteiger partial charge in [-0.25, -0.2) is 0 Å². The van der Waals surface area contributed by atoms with Crippen molar-refractivity contribution in [2.45, 2.75) is 25.3 Å². The summed E-state index contributed by atoms with van der Waals surface area (Å²) in [6.45, 7) is 0. The average Bonchev–Trinajstić information content (AvgIpc) is 3.02. The van der Waals surface area contributed by atoms with Gasteiger partial charge in [-0.3, -0.25) is 9.59 Å². The third-order valence-electron chi connectivity index (χ3n) is 4.68. The number of benzene rings is 1. The zero-order valence-electron chi connectivity index (χ0n) is 11.2. The molecule has 112 valence electrons. The summed E-state index contributed by atoms with van der Waals surface area (Å²) in [7, 11) is 0. The van der Waals surface area contributed by atoms with Gasteiger partial charge < -0.3 is 10.4 Å². The highest BCUT2D eigenvalue weighted by Crippen LogP contribution is 2.48. The number of carbonyl (C=O) groups is 2. The molecule has 1 aromatic rings. The van der Waals surface area contributed by atoms with Crippen LogP contribution in [0.4, 0.5) is 0 Å². The SMILES string of the molecule is O=C(NC1C2CCC(C2)C1C(=O)O)c1ccc(Cl)c(Cl)c1. The van der Waals surface area contributed by atoms with E-state index in [0.29, 0.717) is 15.6 Å². The van der Waals surface area contributed by atoms with Crippen molar-refractivity contribution in [2.24, 2.45) is 17.8 Å². The summed E-state index contributed by atoms with van der Waals surface area (Å²) in [5, 5.41) is 13.0. The second-order valence-corrected chi connectivity index (χ2v) is 6.64. The lowest BCUT2D eigenvalue weighted by molar-refractivity contribution is -0.144. The monoisotopic (exact) mass is 327 g/mol. The molecule has 0 heterocycles. The normalized spacial score (nSPS) is 30.4. The van der Waals surface area contributed by atoms with Crippen LogP contribution in [0.2, 0.25) is 10.0 Å². The lowest BCUT2D eigenvalue weighted by Gasteiger charge is -2.28. The molecular weight excluding hydrogens is 313 g/mol. The molecule has 4 atom stereocenters. The maximum absolute atomic E-state index is 12.3. The van der Waals surface area contributed by atoms with Crippen molar-refractivity contribution < 1.29 is 14.7 Å². The molecule has 2 saturated carbocycles. The number of carboxylic acid groups (broad SMARTS) is 1. The van der Waals surface area contributed by atoms with Gasteiger partial charge in [0.05, 0.1) is 16.0 Å². The zero-order valence-corrected chi connectivity index (χ0v) is 12.7. The fourth-order valence-electron chi connectivity index (χ4n) is 3.73. The first-order valence-electron chi connectivity index (χ1n) is 6.96. The van der Waals surface area contributed by atoms with Crippen LogP contribution in [0, 0.1) is 17.8 Å². The molecule has 0 saturated heterocycles. The van der Waals surface area contributed by atoms with Crippen molar-refractivity contribution in [1.82, 2.24) is 5.32 Å². The van der Waals surface area contributed by atoms with Gasteiger partial charge >= 0.3 is 5.97 Å². The van der Waals surface area contributed by atoms with Gasteiger partial charge in [0.2, 0.25) is 0 Å². The number of carboxylic acids is 1. The third kappa shape index (κ3) is 2.62. The molecule has 0 spiro atoms. The van der Waals surface area contributed by atoms with E-state index in [1.165, 1.54) is 6.07 Å². The molecule has 2 aliphatic carbocycles. The summed E-state index contributed by atoms with van der Waals surface area (Å²) in [6.07, 6.45) is 2.82. The highest BCUT2D eigenvalue weighted by molar-refractivity contribution is 6.42. The van der Waals surface area contributed by atoms with Crippen LogP contribution < -0.4 is 5.32 Å². The largest absolute Gasteiger partial charge is 0.481 e. The summed E-state index contributed by atoms with van der Waals surface area (Å²) in [5.41, 5.74) is 0.399. The molecule has 2 fully saturated rings. The van der Waals surface area contributed by atoms with E-state index in [0.717, 1.165) is 19.3 Å². The average molecular weight is 328 g/mol. The number of hydrogen-bond acceptors (Lipinski definition) is 2. The van der Waals surface area contributed by atoms with Crippen molar-refractivity contribution in [3.63, 3.8) is 0 Å². The Morgan fingerprint density at radius 3 is 2.52 bits per heavy atom. The smallest absolute Gasteiger partial charge is 0.308 e. The van der Waals surface area contributed by atoms with Crippen molar-refractivity contribution in [2.75, 3.05) is 0 Å². The molecule has 4 nitrogen and oxygen atoms in total. The molecular formula is C15H15Cl2NO3. The number of aliphatic carboxylic acids is 1. The molecule has 2 bridgehead atoms. The number of fused-ring (bicyclic) bond motifs is 2. The lowest BCUT2D eigenvalue weighted by Crippen LogP contribution is -2.46. The van der Waals surface area contributed by atoms with Gasteiger partial charge in [0.1, 0.15) is 0 Å². The Kier molecular flexibility index (Phi) is 3.84. The number of nitrogens with one attached hydrogen (secondary N) is 1. The molecule has 1 aromatic carbocycles. The fourth-order valence-corrected chi connectivity index (χ4v) is 4.02. The predicted octanol–water partition coefficient (Wildman–Crippen LogP) is 3.22. The first-order chi connectivity index (χ1) is 9.97. The van der Waals surface area contributed by atoms with Gasteiger partial charge in [0.25, 0.3) is 5.91 Å². The van der Waals surface area contributed by atoms with Crippen LogP contribution in [0.1, 0.15) is 29.6 Å². The summed E-state index contributed by atoms with van der Waals surface area (Å²) < 4.78 is 0. The summed E-state index contributed by atoms with van der Waals surface area (Å²) >= 11 is 11.7. The number of rotatable bonds is 3. The Bertz CT molecular complexity index is 605. The van der Waals surface area contributed by atoms with Gasteiger partial charge in [0, 0.05) is 11.6 Å². The van der Waals surface area contributed by atoms with Gasteiger partial charge in [-0.15, -0.1) is 0 Å². The molecule has 6 heteroatoms. The second-order valence-electron chi connectivity index (χ2n) is 5.83. The van der Waals surface area contributed by atoms with Crippen molar-refractivity contribution in [3.05, 3.63) is 33.8 Å². The molecule has 0 radical (unpaired) electrons. The Hall–Kier alpha value is -1.26. The Balaban J connectivity index is 1.77.